The summed E-state index contributed by atoms with van der Waals surface area (Å²) < 4.78 is 2.02. The maximum atomic E-state index is 9.09. The SMILES string of the molecule is Cn1nc2c(c1-c1ccccc1)CCN(CCO)CC2. The first kappa shape index (κ1) is 13.3. The number of aliphatic hydroxyl groups is 1. The van der Waals surface area contributed by atoms with Crippen LogP contribution in [0.4, 0.5) is 0 Å². The Morgan fingerprint density at radius 3 is 2.65 bits per heavy atom. The molecule has 0 aliphatic carbocycles. The van der Waals surface area contributed by atoms with Crippen LogP contribution in [0.5, 0.6) is 0 Å². The van der Waals surface area contributed by atoms with Crippen molar-refractivity contribution in [3.63, 3.8) is 0 Å². The first-order chi connectivity index (χ1) is 9.79. The lowest BCUT2D eigenvalue weighted by molar-refractivity contribution is 0.201. The van der Waals surface area contributed by atoms with Gasteiger partial charge in [-0.25, -0.2) is 0 Å². The van der Waals surface area contributed by atoms with E-state index >= 15 is 0 Å². The molecule has 0 fully saturated rings. The summed E-state index contributed by atoms with van der Waals surface area (Å²) in [6.45, 7) is 2.98. The van der Waals surface area contributed by atoms with Crippen LogP contribution in [-0.2, 0) is 19.9 Å². The van der Waals surface area contributed by atoms with E-state index in [2.05, 4.69) is 29.2 Å². The van der Waals surface area contributed by atoms with Gasteiger partial charge in [0.15, 0.2) is 0 Å². The van der Waals surface area contributed by atoms with E-state index < -0.39 is 0 Å². The summed E-state index contributed by atoms with van der Waals surface area (Å²) in [5.74, 6) is 0. The minimum absolute atomic E-state index is 0.233. The fraction of sp³-hybridized carbons (Fsp3) is 0.438. The molecule has 0 unspecified atom stereocenters. The van der Waals surface area contributed by atoms with Gasteiger partial charge in [-0.15, -0.1) is 0 Å². The van der Waals surface area contributed by atoms with Crippen molar-refractivity contribution in [1.82, 2.24) is 14.7 Å². The topological polar surface area (TPSA) is 41.3 Å². The molecule has 2 heterocycles. The first-order valence-corrected chi connectivity index (χ1v) is 7.23. The van der Waals surface area contributed by atoms with Crippen LogP contribution in [-0.4, -0.2) is 46.0 Å². The molecule has 1 aromatic carbocycles. The third-order valence-electron chi connectivity index (χ3n) is 4.03. The Balaban J connectivity index is 1.94. The number of hydrogen-bond acceptors (Lipinski definition) is 3. The van der Waals surface area contributed by atoms with Crippen LogP contribution in [0, 0.1) is 0 Å². The number of rotatable bonds is 3. The molecule has 1 N–H and O–H groups in total. The summed E-state index contributed by atoms with van der Waals surface area (Å²) in [6, 6.07) is 10.5. The van der Waals surface area contributed by atoms with Gasteiger partial charge in [0.2, 0.25) is 0 Å². The summed E-state index contributed by atoms with van der Waals surface area (Å²) in [7, 11) is 2.03. The molecule has 4 heteroatoms. The predicted octanol–water partition coefficient (Wildman–Crippen LogP) is 1.48. The minimum Gasteiger partial charge on any atom is -0.395 e. The van der Waals surface area contributed by atoms with E-state index in [-0.39, 0.29) is 6.61 Å². The fourth-order valence-corrected chi connectivity index (χ4v) is 3.05. The molecule has 0 bridgehead atoms. The molecule has 4 nitrogen and oxygen atoms in total. The predicted molar refractivity (Wildman–Crippen MR) is 79.6 cm³/mol. The van der Waals surface area contributed by atoms with Gasteiger partial charge in [0, 0.05) is 44.2 Å². The molecule has 1 aliphatic heterocycles. The molecule has 3 rings (SSSR count). The van der Waals surface area contributed by atoms with E-state index in [1.807, 2.05) is 17.8 Å². The Morgan fingerprint density at radius 2 is 1.90 bits per heavy atom. The molecule has 1 aliphatic rings. The molecule has 2 aromatic rings. The van der Waals surface area contributed by atoms with Crippen molar-refractivity contribution < 1.29 is 5.11 Å². The van der Waals surface area contributed by atoms with E-state index in [1.54, 1.807) is 0 Å². The largest absolute Gasteiger partial charge is 0.395 e. The zero-order valence-corrected chi connectivity index (χ0v) is 11.9. The number of aryl methyl sites for hydroxylation is 1. The van der Waals surface area contributed by atoms with Crippen molar-refractivity contribution >= 4 is 0 Å². The highest BCUT2D eigenvalue weighted by Gasteiger charge is 2.21. The van der Waals surface area contributed by atoms with Crippen LogP contribution in [0.25, 0.3) is 11.3 Å². The molecule has 0 atom stereocenters. The maximum Gasteiger partial charge on any atom is 0.0714 e. The Morgan fingerprint density at radius 1 is 1.15 bits per heavy atom. The first-order valence-electron chi connectivity index (χ1n) is 7.23. The minimum atomic E-state index is 0.233. The standard InChI is InChI=1S/C16H21N3O/c1-18-16(13-5-3-2-4-6-13)14-7-9-19(11-12-20)10-8-15(14)17-18/h2-6,20H,7-12H2,1H3. The third-order valence-corrected chi connectivity index (χ3v) is 4.03. The zero-order valence-electron chi connectivity index (χ0n) is 11.9. The average Bonchev–Trinajstić information content (AvgIpc) is 2.66. The summed E-state index contributed by atoms with van der Waals surface area (Å²) in [5.41, 5.74) is 5.07. The lowest BCUT2D eigenvalue weighted by Gasteiger charge is -2.18. The van der Waals surface area contributed by atoms with Gasteiger partial charge < -0.3 is 10.0 Å². The lowest BCUT2D eigenvalue weighted by Crippen LogP contribution is -2.29. The van der Waals surface area contributed by atoms with Gasteiger partial charge in [-0.2, -0.15) is 5.10 Å². The van der Waals surface area contributed by atoms with Crippen molar-refractivity contribution in [1.29, 1.82) is 0 Å². The molecule has 0 saturated heterocycles. The summed E-state index contributed by atoms with van der Waals surface area (Å²) in [4.78, 5) is 2.32. The lowest BCUT2D eigenvalue weighted by atomic mass is 10.0. The van der Waals surface area contributed by atoms with Crippen molar-refractivity contribution in [3.05, 3.63) is 41.6 Å². The van der Waals surface area contributed by atoms with E-state index in [9.17, 15) is 0 Å². The van der Waals surface area contributed by atoms with Crippen molar-refractivity contribution in [2.75, 3.05) is 26.2 Å². The number of hydrogen-bond donors (Lipinski definition) is 1. The highest BCUT2D eigenvalue weighted by Crippen LogP contribution is 2.28. The Bertz CT molecular complexity index is 577. The molecule has 106 valence electrons. The van der Waals surface area contributed by atoms with Gasteiger partial charge in [-0.3, -0.25) is 4.68 Å². The second kappa shape index (κ2) is 5.77. The number of β-amino-alcohol motifs (C(OH)–C–C–N with tert-alkyl or cyclic N) is 1. The maximum absolute atomic E-state index is 9.09. The molecule has 1 aromatic heterocycles. The van der Waals surface area contributed by atoms with Gasteiger partial charge in [0.1, 0.15) is 0 Å². The van der Waals surface area contributed by atoms with Crippen LogP contribution in [0.2, 0.25) is 0 Å². The molecule has 0 amide bonds. The van der Waals surface area contributed by atoms with Crippen molar-refractivity contribution in [2.45, 2.75) is 12.8 Å². The van der Waals surface area contributed by atoms with Crippen LogP contribution in [0.3, 0.4) is 0 Å². The van der Waals surface area contributed by atoms with Crippen molar-refractivity contribution in [3.8, 4) is 11.3 Å². The smallest absolute Gasteiger partial charge is 0.0714 e. The van der Waals surface area contributed by atoms with Crippen LogP contribution in [0.1, 0.15) is 11.3 Å². The zero-order chi connectivity index (χ0) is 13.9. The second-order valence-electron chi connectivity index (χ2n) is 5.33. The van der Waals surface area contributed by atoms with Crippen molar-refractivity contribution in [2.24, 2.45) is 7.05 Å². The molecule has 20 heavy (non-hydrogen) atoms. The Kier molecular flexibility index (Phi) is 3.85. The molecule has 0 spiro atoms. The number of benzene rings is 1. The van der Waals surface area contributed by atoms with Crippen LogP contribution >= 0.6 is 0 Å². The Labute approximate surface area is 119 Å². The highest BCUT2D eigenvalue weighted by molar-refractivity contribution is 5.64. The average molecular weight is 271 g/mol. The van der Waals surface area contributed by atoms with Gasteiger partial charge in [0.25, 0.3) is 0 Å². The van der Waals surface area contributed by atoms with Gasteiger partial charge in [0.05, 0.1) is 18.0 Å². The third kappa shape index (κ3) is 2.49. The monoisotopic (exact) mass is 271 g/mol. The quantitative estimate of drug-likeness (QED) is 0.919. The van der Waals surface area contributed by atoms with Gasteiger partial charge >= 0.3 is 0 Å². The number of aliphatic hydroxyl groups excluding tert-OH is 1. The van der Waals surface area contributed by atoms with Crippen LogP contribution < -0.4 is 0 Å². The molecule has 0 radical (unpaired) electrons. The summed E-state index contributed by atoms with van der Waals surface area (Å²) in [6.07, 6.45) is 1.98. The molecular weight excluding hydrogens is 250 g/mol. The van der Waals surface area contributed by atoms with Gasteiger partial charge in [-0.05, 0) is 6.42 Å². The van der Waals surface area contributed by atoms with Crippen LogP contribution in [0.15, 0.2) is 30.3 Å². The van der Waals surface area contributed by atoms with E-state index in [4.69, 9.17) is 10.2 Å². The Hall–Kier alpha value is -1.65. The fourth-order valence-electron chi connectivity index (χ4n) is 3.05. The molecule has 0 saturated carbocycles. The summed E-state index contributed by atoms with van der Waals surface area (Å²) >= 11 is 0. The van der Waals surface area contributed by atoms with Gasteiger partial charge in [-0.1, -0.05) is 30.3 Å². The number of nitrogens with zero attached hydrogens (tertiary/aromatic N) is 3. The normalized spacial score (nSPS) is 15.9. The van der Waals surface area contributed by atoms with E-state index in [0.717, 1.165) is 32.5 Å². The van der Waals surface area contributed by atoms with E-state index in [0.29, 0.717) is 0 Å². The number of fused-ring (bicyclic) bond motifs is 1. The number of aromatic nitrogens is 2. The highest BCUT2D eigenvalue weighted by atomic mass is 16.3. The second-order valence-corrected chi connectivity index (χ2v) is 5.33. The van der Waals surface area contributed by atoms with E-state index in [1.165, 1.54) is 22.5 Å². The molecular formula is C16H21N3O. The summed E-state index contributed by atoms with van der Waals surface area (Å²) in [5, 5.41) is 13.8.